The second-order valence-corrected chi connectivity index (χ2v) is 11.0. The number of rotatable bonds is 2. The van der Waals surface area contributed by atoms with Crippen molar-refractivity contribution in [3.05, 3.63) is 41.0 Å². The number of carbonyl (C=O) groups is 4. The van der Waals surface area contributed by atoms with E-state index in [0.29, 0.717) is 17.5 Å². The van der Waals surface area contributed by atoms with E-state index in [1.807, 2.05) is 6.08 Å². The van der Waals surface area contributed by atoms with Crippen molar-refractivity contribution < 1.29 is 24.3 Å². The first-order chi connectivity index (χ1) is 15.5. The summed E-state index contributed by atoms with van der Waals surface area (Å²) in [5, 5.41) is 10.1. The van der Waals surface area contributed by atoms with E-state index < -0.39 is 45.2 Å². The number of hydrogen-bond acceptors (Lipinski definition) is 5. The number of aromatic hydroxyl groups is 1. The molecule has 0 spiro atoms. The summed E-state index contributed by atoms with van der Waals surface area (Å²) in [4.78, 5) is 51.3. The molecule has 4 aliphatic rings. The average Bonchev–Trinajstić information content (AvgIpc) is 3.09. The fourth-order valence-electron chi connectivity index (χ4n) is 6.14. The van der Waals surface area contributed by atoms with Gasteiger partial charge in [0.25, 0.3) is 11.8 Å². The van der Waals surface area contributed by atoms with Crippen molar-refractivity contribution in [2.24, 2.45) is 17.8 Å². The van der Waals surface area contributed by atoms with E-state index in [0.717, 1.165) is 15.4 Å². The molecule has 2 aliphatic heterocycles. The maximum absolute atomic E-state index is 13.6. The summed E-state index contributed by atoms with van der Waals surface area (Å²) in [5.41, 5.74) is 1.86. The molecule has 33 heavy (non-hydrogen) atoms. The fourth-order valence-corrected chi connectivity index (χ4v) is 7.57. The van der Waals surface area contributed by atoms with Crippen LogP contribution in [-0.4, -0.2) is 60.8 Å². The van der Waals surface area contributed by atoms with Crippen LogP contribution in [0.3, 0.4) is 0 Å². The summed E-state index contributed by atoms with van der Waals surface area (Å²) in [6.07, 6.45) is 2.20. The van der Waals surface area contributed by atoms with E-state index in [4.69, 9.17) is 23.2 Å². The van der Waals surface area contributed by atoms with Gasteiger partial charge in [-0.05, 0) is 42.9 Å². The lowest BCUT2D eigenvalue weighted by Crippen LogP contribution is -2.60. The number of halogens is 3. The number of phenolic OH excluding ortho intramolecular Hbond substituents is 1. The van der Waals surface area contributed by atoms with Gasteiger partial charge in [0.2, 0.25) is 11.8 Å². The predicted molar refractivity (Wildman–Crippen MR) is 124 cm³/mol. The SMILES string of the molecule is Cc1cc(C2C3=CCC4C(=O)N(C)C(=O)C4C3CC3(Cl)C(=O)N(CBr)C(=O)C23Cl)ccc1O. The Labute approximate surface area is 208 Å². The second-order valence-electron chi connectivity index (χ2n) is 9.27. The maximum Gasteiger partial charge on any atom is 0.254 e. The molecule has 0 bridgehead atoms. The largest absolute Gasteiger partial charge is 0.508 e. The first-order valence-electron chi connectivity index (χ1n) is 10.6. The highest BCUT2D eigenvalue weighted by Crippen LogP contribution is 2.65. The zero-order chi connectivity index (χ0) is 24.0. The monoisotopic (exact) mass is 554 g/mol. The Hall–Kier alpha value is -1.90. The quantitative estimate of drug-likeness (QED) is 0.262. The molecule has 2 saturated heterocycles. The van der Waals surface area contributed by atoms with E-state index in [1.54, 1.807) is 19.1 Å². The Balaban J connectivity index is 1.76. The van der Waals surface area contributed by atoms with Gasteiger partial charge in [-0.25, -0.2) is 0 Å². The van der Waals surface area contributed by atoms with E-state index in [2.05, 4.69) is 15.9 Å². The van der Waals surface area contributed by atoms with Crippen molar-refractivity contribution in [1.82, 2.24) is 9.80 Å². The third kappa shape index (κ3) is 2.68. The van der Waals surface area contributed by atoms with Crippen LogP contribution in [0.1, 0.15) is 29.9 Å². The zero-order valence-electron chi connectivity index (χ0n) is 17.8. The second kappa shape index (κ2) is 7.30. The standard InChI is InChI=1S/C23H21BrCl2N2O5/c1-10-7-11(3-6-15(10)29)17-12-4-5-13-16(19(31)27(2)18(13)30)14(12)8-22(25)20(32)28(9-24)21(33)23(17,22)26/h3-4,6-7,13-14,16-17,29H,5,8-9H2,1-2H3. The molecule has 1 N–H and O–H groups in total. The molecule has 1 aromatic carbocycles. The van der Waals surface area contributed by atoms with Crippen molar-refractivity contribution in [3.63, 3.8) is 0 Å². The maximum atomic E-state index is 13.6. The van der Waals surface area contributed by atoms with Gasteiger partial charge in [0, 0.05) is 13.0 Å². The fraction of sp³-hybridized carbons (Fsp3) is 0.478. The number of amides is 4. The van der Waals surface area contributed by atoms with Crippen LogP contribution in [0.2, 0.25) is 0 Å². The molecular weight excluding hydrogens is 535 g/mol. The smallest absolute Gasteiger partial charge is 0.254 e. The van der Waals surface area contributed by atoms with Gasteiger partial charge in [-0.2, -0.15) is 0 Å². The third-order valence-corrected chi connectivity index (χ3v) is 9.70. The number of allylic oxidation sites excluding steroid dienone is 2. The summed E-state index contributed by atoms with van der Waals surface area (Å²) in [6, 6.07) is 4.89. The molecule has 3 fully saturated rings. The average molecular weight is 556 g/mol. The molecule has 174 valence electrons. The molecule has 1 saturated carbocycles. The third-order valence-electron chi connectivity index (χ3n) is 7.79. The van der Waals surface area contributed by atoms with Crippen LogP contribution in [0.4, 0.5) is 0 Å². The highest BCUT2D eigenvalue weighted by atomic mass is 79.9. The molecule has 2 heterocycles. The number of imide groups is 2. The number of carbonyl (C=O) groups excluding carboxylic acids is 4. The summed E-state index contributed by atoms with van der Waals surface area (Å²) >= 11 is 17.4. The van der Waals surface area contributed by atoms with Crippen LogP contribution in [0.15, 0.2) is 29.8 Å². The van der Waals surface area contributed by atoms with Crippen molar-refractivity contribution in [2.75, 3.05) is 12.5 Å². The Morgan fingerprint density at radius 1 is 1.12 bits per heavy atom. The summed E-state index contributed by atoms with van der Waals surface area (Å²) in [6.45, 7) is 1.72. The summed E-state index contributed by atoms with van der Waals surface area (Å²) < 4.78 is 0. The molecule has 7 nitrogen and oxygen atoms in total. The van der Waals surface area contributed by atoms with Gasteiger partial charge in [0.15, 0.2) is 9.75 Å². The number of fused-ring (bicyclic) bond motifs is 4. The Morgan fingerprint density at radius 2 is 1.82 bits per heavy atom. The lowest BCUT2D eigenvalue weighted by Gasteiger charge is -2.50. The number of phenols is 1. The highest BCUT2D eigenvalue weighted by Gasteiger charge is 2.76. The number of aryl methyl sites for hydroxylation is 1. The Bertz CT molecular complexity index is 1170. The molecule has 6 unspecified atom stereocenters. The van der Waals surface area contributed by atoms with Crippen LogP contribution >= 0.6 is 39.1 Å². The molecule has 0 aromatic heterocycles. The normalized spacial score (nSPS) is 37.8. The van der Waals surface area contributed by atoms with Crippen LogP contribution in [0.5, 0.6) is 5.75 Å². The number of alkyl halides is 3. The van der Waals surface area contributed by atoms with Gasteiger partial charge in [-0.3, -0.25) is 29.0 Å². The minimum Gasteiger partial charge on any atom is -0.508 e. The zero-order valence-corrected chi connectivity index (χ0v) is 20.9. The van der Waals surface area contributed by atoms with Gasteiger partial charge < -0.3 is 5.11 Å². The van der Waals surface area contributed by atoms with Gasteiger partial charge >= 0.3 is 0 Å². The van der Waals surface area contributed by atoms with Gasteiger partial charge in [-0.15, -0.1) is 23.2 Å². The first-order valence-corrected chi connectivity index (χ1v) is 12.5. The lowest BCUT2D eigenvalue weighted by atomic mass is 9.56. The molecule has 4 amide bonds. The van der Waals surface area contributed by atoms with Crippen molar-refractivity contribution >= 4 is 62.8 Å². The topological polar surface area (TPSA) is 95.0 Å². The lowest BCUT2D eigenvalue weighted by molar-refractivity contribution is -0.140. The number of nitrogens with zero attached hydrogens (tertiary/aromatic N) is 2. The van der Waals surface area contributed by atoms with Crippen LogP contribution in [0, 0.1) is 24.7 Å². The summed E-state index contributed by atoms with van der Waals surface area (Å²) in [7, 11) is 1.46. The Kier molecular flexibility index (Phi) is 5.06. The molecule has 5 rings (SSSR count). The van der Waals surface area contributed by atoms with E-state index >= 15 is 0 Å². The number of benzene rings is 1. The summed E-state index contributed by atoms with van der Waals surface area (Å²) in [5.74, 6) is -4.24. The molecule has 10 heteroatoms. The minimum absolute atomic E-state index is 0.0282. The van der Waals surface area contributed by atoms with Gasteiger partial charge in [0.1, 0.15) is 5.75 Å². The van der Waals surface area contributed by atoms with Gasteiger partial charge in [0.05, 0.1) is 17.3 Å². The van der Waals surface area contributed by atoms with Crippen molar-refractivity contribution in [3.8, 4) is 5.75 Å². The van der Waals surface area contributed by atoms with Gasteiger partial charge in [-0.1, -0.05) is 39.7 Å². The van der Waals surface area contributed by atoms with Crippen molar-refractivity contribution in [2.45, 2.75) is 35.4 Å². The van der Waals surface area contributed by atoms with Crippen LogP contribution in [-0.2, 0) is 19.2 Å². The number of hydrogen-bond donors (Lipinski definition) is 1. The molecule has 6 atom stereocenters. The number of likely N-dealkylation sites (tertiary alicyclic amines) is 2. The highest BCUT2D eigenvalue weighted by molar-refractivity contribution is 9.09. The molecule has 1 aromatic rings. The molecular formula is C23H21BrCl2N2O5. The van der Waals surface area contributed by atoms with Crippen molar-refractivity contribution in [1.29, 1.82) is 0 Å². The van der Waals surface area contributed by atoms with E-state index in [1.165, 1.54) is 13.1 Å². The molecule has 2 aliphatic carbocycles. The Morgan fingerprint density at radius 3 is 2.45 bits per heavy atom. The van der Waals surface area contributed by atoms with E-state index in [9.17, 15) is 24.3 Å². The van der Waals surface area contributed by atoms with E-state index in [-0.39, 0.29) is 29.4 Å². The van der Waals surface area contributed by atoms with Crippen LogP contribution < -0.4 is 0 Å². The first kappa shape index (κ1) is 22.9. The van der Waals surface area contributed by atoms with Crippen LogP contribution in [0.25, 0.3) is 0 Å². The predicted octanol–water partition coefficient (Wildman–Crippen LogP) is 3.04. The molecule has 0 radical (unpaired) electrons. The minimum atomic E-state index is -1.82.